The zero-order chi connectivity index (χ0) is 16.1. The van der Waals surface area contributed by atoms with Crippen LogP contribution in [0.25, 0.3) is 0 Å². The van der Waals surface area contributed by atoms with E-state index >= 15 is 0 Å². The summed E-state index contributed by atoms with van der Waals surface area (Å²) in [5.74, 6) is 0.00202. The van der Waals surface area contributed by atoms with Crippen molar-refractivity contribution in [2.24, 2.45) is 0 Å². The van der Waals surface area contributed by atoms with Crippen molar-refractivity contribution in [1.29, 1.82) is 0 Å². The van der Waals surface area contributed by atoms with Crippen LogP contribution >= 0.6 is 0 Å². The summed E-state index contributed by atoms with van der Waals surface area (Å²) in [4.78, 5) is 25.5. The minimum Gasteiger partial charge on any atom is -0.450 e. The standard InChI is InChI=1S/C15H24N4O3/c1-4-22-15(21)19-7-5-12(6-8-19)16-14(20)9-13-10(2)17-18-11(13)3/h12H,4-9H2,1-3H3,(H,16,20)(H,17,18). The lowest BCUT2D eigenvalue weighted by atomic mass is 10.0. The minimum absolute atomic E-state index is 0.00202. The van der Waals surface area contributed by atoms with Crippen LogP contribution in [-0.2, 0) is 16.0 Å². The smallest absolute Gasteiger partial charge is 0.409 e. The third-order valence-electron chi connectivity index (χ3n) is 4.00. The number of amides is 2. The quantitative estimate of drug-likeness (QED) is 0.878. The van der Waals surface area contributed by atoms with Crippen LogP contribution in [0.3, 0.4) is 0 Å². The molecule has 0 unspecified atom stereocenters. The molecule has 1 saturated heterocycles. The molecule has 1 aliphatic heterocycles. The summed E-state index contributed by atoms with van der Waals surface area (Å²) in [5, 5.41) is 10.0. The van der Waals surface area contributed by atoms with Gasteiger partial charge < -0.3 is 15.0 Å². The lowest BCUT2D eigenvalue weighted by molar-refractivity contribution is -0.121. The Kier molecular flexibility index (Phi) is 5.41. The van der Waals surface area contributed by atoms with Crippen molar-refractivity contribution in [3.8, 4) is 0 Å². The van der Waals surface area contributed by atoms with Crippen molar-refractivity contribution < 1.29 is 14.3 Å². The molecule has 7 nitrogen and oxygen atoms in total. The number of carbonyl (C=O) groups is 2. The van der Waals surface area contributed by atoms with Gasteiger partial charge in [0.15, 0.2) is 0 Å². The van der Waals surface area contributed by atoms with Crippen molar-refractivity contribution in [1.82, 2.24) is 20.4 Å². The average molecular weight is 308 g/mol. The average Bonchev–Trinajstić information content (AvgIpc) is 2.80. The monoisotopic (exact) mass is 308 g/mol. The molecule has 0 bridgehead atoms. The largest absolute Gasteiger partial charge is 0.450 e. The SMILES string of the molecule is CCOC(=O)N1CCC(NC(=O)Cc2c(C)n[nH]c2C)CC1. The van der Waals surface area contributed by atoms with E-state index in [0.29, 0.717) is 26.1 Å². The van der Waals surface area contributed by atoms with Gasteiger partial charge in [-0.05, 0) is 33.6 Å². The normalized spacial score (nSPS) is 15.7. The predicted octanol–water partition coefficient (Wildman–Crippen LogP) is 1.31. The van der Waals surface area contributed by atoms with Gasteiger partial charge in [0, 0.05) is 30.4 Å². The van der Waals surface area contributed by atoms with Crippen molar-refractivity contribution in [2.45, 2.75) is 46.1 Å². The van der Waals surface area contributed by atoms with Crippen LogP contribution in [0.1, 0.15) is 36.7 Å². The molecule has 122 valence electrons. The summed E-state index contributed by atoms with van der Waals surface area (Å²) in [5.41, 5.74) is 2.76. The van der Waals surface area contributed by atoms with Gasteiger partial charge >= 0.3 is 6.09 Å². The number of H-pyrrole nitrogens is 1. The van der Waals surface area contributed by atoms with E-state index in [1.807, 2.05) is 13.8 Å². The fourth-order valence-electron chi connectivity index (χ4n) is 2.69. The molecule has 1 aromatic rings. The molecule has 0 atom stereocenters. The number of nitrogens with one attached hydrogen (secondary N) is 2. The van der Waals surface area contributed by atoms with Gasteiger partial charge in [-0.15, -0.1) is 0 Å². The Morgan fingerprint density at radius 1 is 1.36 bits per heavy atom. The minimum atomic E-state index is -0.267. The summed E-state index contributed by atoms with van der Waals surface area (Å²) in [7, 11) is 0. The van der Waals surface area contributed by atoms with Crippen LogP contribution < -0.4 is 5.32 Å². The number of rotatable bonds is 4. The number of ether oxygens (including phenoxy) is 1. The van der Waals surface area contributed by atoms with E-state index in [-0.39, 0.29) is 18.0 Å². The topological polar surface area (TPSA) is 87.3 Å². The van der Waals surface area contributed by atoms with E-state index in [9.17, 15) is 9.59 Å². The number of hydrogen-bond donors (Lipinski definition) is 2. The molecule has 0 aromatic carbocycles. The molecule has 0 spiro atoms. The van der Waals surface area contributed by atoms with Crippen LogP contribution in [0.2, 0.25) is 0 Å². The highest BCUT2D eigenvalue weighted by Crippen LogP contribution is 2.13. The molecule has 2 N–H and O–H groups in total. The zero-order valence-corrected chi connectivity index (χ0v) is 13.4. The molecule has 1 aromatic heterocycles. The first-order valence-corrected chi connectivity index (χ1v) is 7.72. The number of carbonyl (C=O) groups excluding carboxylic acids is 2. The maximum Gasteiger partial charge on any atom is 0.409 e. The molecule has 2 heterocycles. The lowest BCUT2D eigenvalue weighted by Crippen LogP contribution is -2.47. The van der Waals surface area contributed by atoms with Crippen LogP contribution in [0, 0.1) is 13.8 Å². The first kappa shape index (κ1) is 16.3. The van der Waals surface area contributed by atoms with Gasteiger partial charge in [-0.1, -0.05) is 0 Å². The summed E-state index contributed by atoms with van der Waals surface area (Å²) >= 11 is 0. The summed E-state index contributed by atoms with van der Waals surface area (Å²) in [6, 6.07) is 0.116. The van der Waals surface area contributed by atoms with Gasteiger partial charge in [-0.25, -0.2) is 4.79 Å². The lowest BCUT2D eigenvalue weighted by Gasteiger charge is -2.31. The Balaban J connectivity index is 1.78. The molecule has 2 rings (SSSR count). The zero-order valence-electron chi connectivity index (χ0n) is 13.4. The van der Waals surface area contributed by atoms with Crippen LogP contribution in [0.5, 0.6) is 0 Å². The highest BCUT2D eigenvalue weighted by Gasteiger charge is 2.24. The van der Waals surface area contributed by atoms with Gasteiger partial charge in [0.05, 0.1) is 18.7 Å². The van der Waals surface area contributed by atoms with E-state index in [0.717, 1.165) is 29.8 Å². The Morgan fingerprint density at radius 3 is 2.59 bits per heavy atom. The van der Waals surface area contributed by atoms with Crippen molar-refractivity contribution >= 4 is 12.0 Å². The Morgan fingerprint density at radius 2 is 2.05 bits per heavy atom. The van der Waals surface area contributed by atoms with Gasteiger partial charge in [-0.2, -0.15) is 5.10 Å². The molecule has 0 saturated carbocycles. The van der Waals surface area contributed by atoms with Crippen molar-refractivity contribution in [3.05, 3.63) is 17.0 Å². The van der Waals surface area contributed by atoms with E-state index < -0.39 is 0 Å². The van der Waals surface area contributed by atoms with E-state index in [2.05, 4.69) is 15.5 Å². The fraction of sp³-hybridized carbons (Fsp3) is 0.667. The van der Waals surface area contributed by atoms with Crippen molar-refractivity contribution in [2.75, 3.05) is 19.7 Å². The summed E-state index contributed by atoms with van der Waals surface area (Å²) in [6.45, 7) is 7.23. The fourth-order valence-corrected chi connectivity index (χ4v) is 2.69. The summed E-state index contributed by atoms with van der Waals surface area (Å²) < 4.78 is 4.98. The first-order chi connectivity index (χ1) is 10.5. The van der Waals surface area contributed by atoms with Crippen LogP contribution in [-0.4, -0.2) is 52.8 Å². The van der Waals surface area contributed by atoms with Gasteiger partial charge in [-0.3, -0.25) is 9.89 Å². The van der Waals surface area contributed by atoms with Crippen LogP contribution in [0.15, 0.2) is 0 Å². The maximum absolute atomic E-state index is 12.1. The molecule has 0 aliphatic carbocycles. The molecule has 2 amide bonds. The Bertz CT molecular complexity index is 513. The number of aryl methyl sites for hydroxylation is 2. The highest BCUT2D eigenvalue weighted by molar-refractivity contribution is 5.79. The van der Waals surface area contributed by atoms with Gasteiger partial charge in [0.1, 0.15) is 0 Å². The van der Waals surface area contributed by atoms with Crippen molar-refractivity contribution in [3.63, 3.8) is 0 Å². The second-order valence-corrected chi connectivity index (χ2v) is 5.62. The van der Waals surface area contributed by atoms with E-state index in [1.54, 1.807) is 11.8 Å². The number of aromatic nitrogens is 2. The molecular weight excluding hydrogens is 284 g/mol. The van der Waals surface area contributed by atoms with E-state index in [4.69, 9.17) is 4.74 Å². The Hall–Kier alpha value is -2.05. The van der Waals surface area contributed by atoms with Crippen LogP contribution in [0.4, 0.5) is 4.79 Å². The molecule has 0 radical (unpaired) electrons. The second-order valence-electron chi connectivity index (χ2n) is 5.62. The molecule has 1 aliphatic rings. The third-order valence-corrected chi connectivity index (χ3v) is 4.00. The van der Waals surface area contributed by atoms with Gasteiger partial charge in [0.2, 0.25) is 5.91 Å². The number of hydrogen-bond acceptors (Lipinski definition) is 4. The number of nitrogens with zero attached hydrogens (tertiary/aromatic N) is 2. The molecule has 7 heteroatoms. The number of likely N-dealkylation sites (tertiary alicyclic amines) is 1. The third kappa shape index (κ3) is 3.99. The first-order valence-electron chi connectivity index (χ1n) is 7.72. The van der Waals surface area contributed by atoms with E-state index in [1.165, 1.54) is 0 Å². The predicted molar refractivity (Wildman–Crippen MR) is 81.5 cm³/mol. The second kappa shape index (κ2) is 7.29. The Labute approximate surface area is 130 Å². The number of piperidine rings is 1. The van der Waals surface area contributed by atoms with Gasteiger partial charge in [0.25, 0.3) is 0 Å². The number of aromatic amines is 1. The molecule has 22 heavy (non-hydrogen) atoms. The molecular formula is C15H24N4O3. The molecule has 1 fully saturated rings. The highest BCUT2D eigenvalue weighted by atomic mass is 16.6. The maximum atomic E-state index is 12.1. The summed E-state index contributed by atoms with van der Waals surface area (Å²) in [6.07, 6.45) is 1.59.